The highest BCUT2D eigenvalue weighted by Gasteiger charge is 2.42. The second-order valence-electron chi connectivity index (χ2n) is 5.87. The minimum atomic E-state index is -0.760. The molecule has 4 heteroatoms. The summed E-state index contributed by atoms with van der Waals surface area (Å²) < 4.78 is 5.34. The van der Waals surface area contributed by atoms with Crippen LogP contribution in [0.1, 0.15) is 51.4 Å². The number of carbonyl (C=O) groups excluding carboxylic acids is 1. The van der Waals surface area contributed by atoms with Crippen molar-refractivity contribution in [1.82, 2.24) is 4.90 Å². The summed E-state index contributed by atoms with van der Waals surface area (Å²) in [6.45, 7) is 1.45. The van der Waals surface area contributed by atoms with E-state index < -0.39 is 5.41 Å². The van der Waals surface area contributed by atoms with Crippen molar-refractivity contribution in [3.8, 4) is 6.07 Å². The van der Waals surface area contributed by atoms with E-state index in [1.165, 1.54) is 0 Å². The summed E-state index contributed by atoms with van der Waals surface area (Å²) in [7, 11) is 1.86. The maximum atomic E-state index is 12.8. The summed E-state index contributed by atoms with van der Waals surface area (Å²) in [5, 5.41) is 9.56. The molecule has 1 saturated carbocycles. The molecule has 0 N–H and O–H groups in total. The fourth-order valence-electron chi connectivity index (χ4n) is 3.28. The standard InChI is InChI=1S/C15H24N2O2/c1-17(13-6-10-19-11-7-13)14(18)15(12-16)8-4-2-3-5-9-15/h13H,2-11H2,1H3. The molecule has 0 atom stereocenters. The summed E-state index contributed by atoms with van der Waals surface area (Å²) in [6, 6.07) is 2.60. The van der Waals surface area contributed by atoms with Gasteiger partial charge in [-0.05, 0) is 25.7 Å². The molecule has 2 aliphatic rings. The lowest BCUT2D eigenvalue weighted by molar-refractivity contribution is -0.142. The summed E-state index contributed by atoms with van der Waals surface area (Å²) in [6.07, 6.45) is 7.55. The molecule has 106 valence electrons. The minimum Gasteiger partial charge on any atom is -0.381 e. The Morgan fingerprint density at radius 2 is 1.79 bits per heavy atom. The molecule has 0 spiro atoms. The quantitative estimate of drug-likeness (QED) is 0.720. The first kappa shape index (κ1) is 14.3. The van der Waals surface area contributed by atoms with Gasteiger partial charge in [-0.2, -0.15) is 5.26 Å². The number of hydrogen-bond acceptors (Lipinski definition) is 3. The van der Waals surface area contributed by atoms with Crippen LogP contribution in [0, 0.1) is 16.7 Å². The van der Waals surface area contributed by atoms with Crippen LogP contribution in [0.3, 0.4) is 0 Å². The lowest BCUT2D eigenvalue weighted by Gasteiger charge is -2.36. The van der Waals surface area contributed by atoms with Crippen LogP contribution in [-0.2, 0) is 9.53 Å². The first-order chi connectivity index (χ1) is 9.19. The SMILES string of the molecule is CN(C(=O)C1(C#N)CCCCCC1)C1CCOCC1. The average Bonchev–Trinajstić information content (AvgIpc) is 2.73. The average molecular weight is 264 g/mol. The zero-order chi connectivity index (χ0) is 13.7. The summed E-state index contributed by atoms with van der Waals surface area (Å²) in [4.78, 5) is 14.6. The third kappa shape index (κ3) is 3.09. The van der Waals surface area contributed by atoms with Crippen LogP contribution in [-0.4, -0.2) is 37.1 Å². The molecule has 1 heterocycles. The fraction of sp³-hybridized carbons (Fsp3) is 0.867. The van der Waals surface area contributed by atoms with Crippen molar-refractivity contribution in [3.05, 3.63) is 0 Å². The van der Waals surface area contributed by atoms with E-state index >= 15 is 0 Å². The van der Waals surface area contributed by atoms with Crippen LogP contribution < -0.4 is 0 Å². The van der Waals surface area contributed by atoms with E-state index in [0.29, 0.717) is 0 Å². The van der Waals surface area contributed by atoms with Gasteiger partial charge in [-0.1, -0.05) is 25.7 Å². The Morgan fingerprint density at radius 1 is 1.21 bits per heavy atom. The predicted octanol–water partition coefficient (Wildman–Crippen LogP) is 2.49. The molecular weight excluding hydrogens is 240 g/mol. The molecule has 0 radical (unpaired) electrons. The van der Waals surface area contributed by atoms with Crippen LogP contribution in [0.4, 0.5) is 0 Å². The Labute approximate surface area is 115 Å². The number of ether oxygens (including phenoxy) is 1. The molecule has 0 bridgehead atoms. The van der Waals surface area contributed by atoms with Gasteiger partial charge in [-0.25, -0.2) is 0 Å². The number of hydrogen-bond donors (Lipinski definition) is 0. The first-order valence-electron chi connectivity index (χ1n) is 7.46. The smallest absolute Gasteiger partial charge is 0.243 e. The zero-order valence-corrected chi connectivity index (χ0v) is 11.9. The van der Waals surface area contributed by atoms with Crippen LogP contribution in [0.2, 0.25) is 0 Å². The van der Waals surface area contributed by atoms with Gasteiger partial charge in [0.05, 0.1) is 6.07 Å². The van der Waals surface area contributed by atoms with Crippen LogP contribution >= 0.6 is 0 Å². The minimum absolute atomic E-state index is 0.0452. The van der Waals surface area contributed by atoms with Gasteiger partial charge in [-0.3, -0.25) is 4.79 Å². The predicted molar refractivity (Wildman–Crippen MR) is 72.4 cm³/mol. The van der Waals surface area contributed by atoms with Crippen molar-refractivity contribution in [2.24, 2.45) is 5.41 Å². The van der Waals surface area contributed by atoms with E-state index in [9.17, 15) is 10.1 Å². The number of nitriles is 1. The van der Waals surface area contributed by atoms with Gasteiger partial charge in [0.25, 0.3) is 0 Å². The van der Waals surface area contributed by atoms with Crippen molar-refractivity contribution in [2.45, 2.75) is 57.4 Å². The molecule has 0 unspecified atom stereocenters. The van der Waals surface area contributed by atoms with Crippen LogP contribution in [0.15, 0.2) is 0 Å². The molecule has 0 aromatic carbocycles. The Balaban J connectivity index is 2.08. The molecule has 0 aromatic heterocycles. The fourth-order valence-corrected chi connectivity index (χ4v) is 3.28. The van der Waals surface area contributed by atoms with Gasteiger partial charge >= 0.3 is 0 Å². The largest absolute Gasteiger partial charge is 0.381 e. The van der Waals surface area contributed by atoms with Crippen molar-refractivity contribution in [1.29, 1.82) is 5.26 Å². The van der Waals surface area contributed by atoms with Crippen LogP contribution in [0.25, 0.3) is 0 Å². The first-order valence-corrected chi connectivity index (χ1v) is 7.46. The molecule has 19 heavy (non-hydrogen) atoms. The monoisotopic (exact) mass is 264 g/mol. The van der Waals surface area contributed by atoms with Gasteiger partial charge in [0, 0.05) is 26.3 Å². The second-order valence-corrected chi connectivity index (χ2v) is 5.87. The van der Waals surface area contributed by atoms with Crippen molar-refractivity contribution in [3.63, 3.8) is 0 Å². The second kappa shape index (κ2) is 6.38. The Kier molecular flexibility index (Phi) is 4.81. The lowest BCUT2D eigenvalue weighted by atomic mass is 9.80. The third-order valence-corrected chi connectivity index (χ3v) is 4.64. The molecule has 1 aliphatic carbocycles. The topological polar surface area (TPSA) is 53.3 Å². The number of rotatable bonds is 2. The molecule has 0 aromatic rings. The molecular formula is C15H24N2O2. The zero-order valence-electron chi connectivity index (χ0n) is 11.9. The molecule has 2 rings (SSSR count). The maximum absolute atomic E-state index is 12.8. The number of amides is 1. The van der Waals surface area contributed by atoms with E-state index in [2.05, 4.69) is 6.07 Å². The maximum Gasteiger partial charge on any atom is 0.243 e. The highest BCUT2D eigenvalue weighted by molar-refractivity contribution is 5.85. The highest BCUT2D eigenvalue weighted by atomic mass is 16.5. The molecule has 1 aliphatic heterocycles. The lowest BCUT2D eigenvalue weighted by Crippen LogP contribution is -2.47. The summed E-state index contributed by atoms with van der Waals surface area (Å²) in [5.41, 5.74) is -0.760. The summed E-state index contributed by atoms with van der Waals surface area (Å²) in [5.74, 6) is 0.0452. The van der Waals surface area contributed by atoms with Gasteiger partial charge in [-0.15, -0.1) is 0 Å². The molecule has 1 amide bonds. The van der Waals surface area contributed by atoms with E-state index in [0.717, 1.165) is 64.6 Å². The number of nitrogens with zero attached hydrogens (tertiary/aromatic N) is 2. The van der Waals surface area contributed by atoms with E-state index in [1.807, 2.05) is 11.9 Å². The Morgan fingerprint density at radius 3 is 2.32 bits per heavy atom. The number of carbonyl (C=O) groups is 1. The van der Waals surface area contributed by atoms with Gasteiger partial charge in [0.15, 0.2) is 0 Å². The van der Waals surface area contributed by atoms with Crippen molar-refractivity contribution >= 4 is 5.91 Å². The van der Waals surface area contributed by atoms with Gasteiger partial charge < -0.3 is 9.64 Å². The van der Waals surface area contributed by atoms with Gasteiger partial charge in [0.2, 0.25) is 5.91 Å². The van der Waals surface area contributed by atoms with Crippen molar-refractivity contribution < 1.29 is 9.53 Å². The van der Waals surface area contributed by atoms with E-state index in [4.69, 9.17) is 4.74 Å². The Hall–Kier alpha value is -1.08. The van der Waals surface area contributed by atoms with Crippen LogP contribution in [0.5, 0.6) is 0 Å². The highest BCUT2D eigenvalue weighted by Crippen LogP contribution is 2.37. The summed E-state index contributed by atoms with van der Waals surface area (Å²) >= 11 is 0. The Bertz CT molecular complexity index is 348. The third-order valence-electron chi connectivity index (χ3n) is 4.64. The molecule has 2 fully saturated rings. The van der Waals surface area contributed by atoms with E-state index in [-0.39, 0.29) is 11.9 Å². The van der Waals surface area contributed by atoms with Crippen molar-refractivity contribution in [2.75, 3.05) is 20.3 Å². The normalized spacial score (nSPS) is 24.2. The molecule has 4 nitrogen and oxygen atoms in total. The van der Waals surface area contributed by atoms with Gasteiger partial charge in [0.1, 0.15) is 5.41 Å². The van der Waals surface area contributed by atoms with E-state index in [1.54, 1.807) is 0 Å². The molecule has 1 saturated heterocycles.